The van der Waals surface area contributed by atoms with E-state index in [-0.39, 0.29) is 29.4 Å². The van der Waals surface area contributed by atoms with Crippen molar-refractivity contribution in [1.29, 1.82) is 0 Å². The summed E-state index contributed by atoms with van der Waals surface area (Å²) >= 11 is 6.07. The Bertz CT molecular complexity index is 1360. The fourth-order valence-corrected chi connectivity index (χ4v) is 3.81. The van der Waals surface area contributed by atoms with Gasteiger partial charge in [0.25, 0.3) is 5.91 Å². The van der Waals surface area contributed by atoms with Crippen LogP contribution in [0.15, 0.2) is 54.7 Å². The minimum Gasteiger partial charge on any atom is -0.485 e. The molecule has 4 rings (SSSR count). The number of nitrogens with zero attached hydrogens (tertiary/aromatic N) is 2. The van der Waals surface area contributed by atoms with Crippen LogP contribution in [0.1, 0.15) is 33.4 Å². The number of aryl methyl sites for hydroxylation is 1. The van der Waals surface area contributed by atoms with E-state index in [0.29, 0.717) is 22.7 Å². The molecule has 0 saturated heterocycles. The smallest absolute Gasteiger partial charge is 0.270 e. The van der Waals surface area contributed by atoms with Gasteiger partial charge in [0.1, 0.15) is 18.1 Å². The molecule has 0 saturated carbocycles. The van der Waals surface area contributed by atoms with Crippen LogP contribution in [0.5, 0.6) is 5.75 Å². The number of pyridine rings is 1. The molecule has 0 aliphatic rings. The highest BCUT2D eigenvalue weighted by Gasteiger charge is 2.22. The van der Waals surface area contributed by atoms with Crippen LogP contribution in [-0.2, 0) is 6.61 Å². The molecular weight excluding hydrogens is 469 g/mol. The van der Waals surface area contributed by atoms with Crippen LogP contribution in [0.2, 0.25) is 5.02 Å². The van der Waals surface area contributed by atoms with Gasteiger partial charge < -0.3 is 15.8 Å². The van der Waals surface area contributed by atoms with Crippen molar-refractivity contribution in [3.63, 3.8) is 0 Å². The largest absolute Gasteiger partial charge is 0.485 e. The van der Waals surface area contributed by atoms with Crippen molar-refractivity contribution in [2.75, 3.05) is 6.54 Å². The number of hydrogen-bond donors (Lipinski definition) is 2. The first-order chi connectivity index (χ1) is 16.3. The first-order valence-corrected chi connectivity index (χ1v) is 10.7. The maximum Gasteiger partial charge on any atom is 0.270 e. The molecule has 10 heteroatoms. The zero-order valence-corrected chi connectivity index (χ0v) is 18.7. The van der Waals surface area contributed by atoms with Gasteiger partial charge in [-0.25, -0.2) is 18.2 Å². The Labute approximate surface area is 198 Å². The Morgan fingerprint density at radius 2 is 1.94 bits per heavy atom. The number of imidazole rings is 1. The van der Waals surface area contributed by atoms with Gasteiger partial charge in [-0.15, -0.1) is 0 Å². The topological polar surface area (TPSA) is 81.7 Å². The molecule has 0 radical (unpaired) electrons. The molecule has 0 aliphatic heterocycles. The summed E-state index contributed by atoms with van der Waals surface area (Å²) in [5, 5.41) is 2.97. The molecule has 0 bridgehead atoms. The molecule has 0 aliphatic carbocycles. The standard InChI is InChI=1S/C24H20ClF3N4O2/c1-13-22(24(33)31-20(11-29)14-7-8-18(27)19(28)10-14)32-9-3-6-21(23(32)30-13)34-12-15-16(25)4-2-5-17(15)26/h2-10,20H,11-12,29H2,1H3,(H,31,33). The molecule has 2 aromatic heterocycles. The third-order valence-electron chi connectivity index (χ3n) is 5.32. The van der Waals surface area contributed by atoms with Crippen molar-refractivity contribution in [2.24, 2.45) is 5.73 Å². The van der Waals surface area contributed by atoms with Crippen molar-refractivity contribution in [3.05, 3.63) is 99.7 Å². The second kappa shape index (κ2) is 9.74. The van der Waals surface area contributed by atoms with Crippen molar-refractivity contribution in [3.8, 4) is 5.75 Å². The normalized spacial score (nSPS) is 12.1. The zero-order valence-electron chi connectivity index (χ0n) is 18.0. The highest BCUT2D eigenvalue weighted by molar-refractivity contribution is 6.31. The molecule has 3 N–H and O–H groups in total. The molecule has 1 atom stereocenters. The lowest BCUT2D eigenvalue weighted by Gasteiger charge is -2.18. The van der Waals surface area contributed by atoms with E-state index < -0.39 is 29.4 Å². The van der Waals surface area contributed by atoms with Crippen LogP contribution in [0.25, 0.3) is 5.65 Å². The number of aromatic nitrogens is 2. The predicted octanol–water partition coefficient (Wildman–Crippen LogP) is 4.72. The summed E-state index contributed by atoms with van der Waals surface area (Å²) in [5.74, 6) is -2.72. The Kier molecular flexibility index (Phi) is 6.76. The molecule has 1 amide bonds. The third kappa shape index (κ3) is 4.57. The van der Waals surface area contributed by atoms with E-state index >= 15 is 0 Å². The summed E-state index contributed by atoms with van der Waals surface area (Å²) in [6.45, 7) is 1.47. The second-order valence-corrected chi connectivity index (χ2v) is 7.94. The van der Waals surface area contributed by atoms with Gasteiger partial charge in [0.2, 0.25) is 0 Å². The van der Waals surface area contributed by atoms with Gasteiger partial charge in [0.05, 0.1) is 16.8 Å². The van der Waals surface area contributed by atoms with Gasteiger partial charge >= 0.3 is 0 Å². The van der Waals surface area contributed by atoms with Crippen LogP contribution >= 0.6 is 11.6 Å². The number of ether oxygens (including phenoxy) is 1. The summed E-state index contributed by atoms with van der Waals surface area (Å²) in [6, 6.07) is 10.2. The predicted molar refractivity (Wildman–Crippen MR) is 121 cm³/mol. The second-order valence-electron chi connectivity index (χ2n) is 7.54. The Hall–Kier alpha value is -3.56. The number of carbonyl (C=O) groups is 1. The van der Waals surface area contributed by atoms with Crippen molar-refractivity contribution in [2.45, 2.75) is 19.6 Å². The van der Waals surface area contributed by atoms with E-state index in [1.54, 1.807) is 31.3 Å². The Morgan fingerprint density at radius 1 is 1.15 bits per heavy atom. The number of rotatable bonds is 7. The van der Waals surface area contributed by atoms with E-state index in [2.05, 4.69) is 10.3 Å². The lowest BCUT2D eigenvalue weighted by atomic mass is 10.1. The maximum absolute atomic E-state index is 14.1. The van der Waals surface area contributed by atoms with Crippen LogP contribution < -0.4 is 15.8 Å². The number of nitrogens with two attached hydrogens (primary N) is 1. The molecule has 2 aromatic carbocycles. The van der Waals surface area contributed by atoms with Crippen LogP contribution in [0.4, 0.5) is 13.2 Å². The Balaban J connectivity index is 1.61. The number of hydrogen-bond acceptors (Lipinski definition) is 4. The van der Waals surface area contributed by atoms with Crippen molar-refractivity contribution >= 4 is 23.2 Å². The Morgan fingerprint density at radius 3 is 2.65 bits per heavy atom. The lowest BCUT2D eigenvalue weighted by Crippen LogP contribution is -2.34. The first kappa shape index (κ1) is 23.6. The van der Waals surface area contributed by atoms with Gasteiger partial charge in [-0.3, -0.25) is 9.20 Å². The van der Waals surface area contributed by atoms with Crippen LogP contribution in [0.3, 0.4) is 0 Å². The first-order valence-electron chi connectivity index (χ1n) is 10.3. The summed E-state index contributed by atoms with van der Waals surface area (Å²) in [7, 11) is 0. The van der Waals surface area contributed by atoms with Gasteiger partial charge in [0.15, 0.2) is 23.0 Å². The summed E-state index contributed by atoms with van der Waals surface area (Å²) in [5.41, 5.74) is 7.26. The molecule has 2 heterocycles. The van der Waals surface area contributed by atoms with E-state index in [0.717, 1.165) is 12.1 Å². The molecule has 6 nitrogen and oxygen atoms in total. The van der Waals surface area contributed by atoms with E-state index in [4.69, 9.17) is 22.1 Å². The molecule has 34 heavy (non-hydrogen) atoms. The fraction of sp³-hybridized carbons (Fsp3) is 0.167. The quantitative estimate of drug-likeness (QED) is 0.394. The average molecular weight is 489 g/mol. The van der Waals surface area contributed by atoms with Crippen LogP contribution in [-0.4, -0.2) is 21.8 Å². The van der Waals surface area contributed by atoms with Gasteiger partial charge in [-0.05, 0) is 48.9 Å². The van der Waals surface area contributed by atoms with Gasteiger partial charge in [-0.2, -0.15) is 0 Å². The third-order valence-corrected chi connectivity index (χ3v) is 5.68. The zero-order chi connectivity index (χ0) is 24.4. The van der Waals surface area contributed by atoms with E-state index in [1.807, 2.05) is 0 Å². The SMILES string of the molecule is Cc1nc2c(OCc3c(F)cccc3Cl)cccn2c1C(=O)NC(CN)c1ccc(F)c(F)c1. The van der Waals surface area contributed by atoms with Gasteiger partial charge in [-0.1, -0.05) is 23.7 Å². The summed E-state index contributed by atoms with van der Waals surface area (Å²) in [6.07, 6.45) is 1.63. The highest BCUT2D eigenvalue weighted by atomic mass is 35.5. The average Bonchev–Trinajstić information content (AvgIpc) is 3.15. The lowest BCUT2D eigenvalue weighted by molar-refractivity contribution is 0.0931. The number of amides is 1. The van der Waals surface area contributed by atoms with Crippen molar-refractivity contribution in [1.82, 2.24) is 14.7 Å². The monoisotopic (exact) mass is 488 g/mol. The van der Waals surface area contributed by atoms with E-state index in [1.165, 1.54) is 22.6 Å². The number of fused-ring (bicyclic) bond motifs is 1. The molecular formula is C24H20ClF3N4O2. The van der Waals surface area contributed by atoms with Crippen molar-refractivity contribution < 1.29 is 22.7 Å². The molecule has 0 fully saturated rings. The minimum absolute atomic E-state index is 0.0373. The number of halogens is 4. The number of nitrogens with one attached hydrogen (secondary N) is 1. The molecule has 0 spiro atoms. The summed E-state index contributed by atoms with van der Waals surface area (Å²) in [4.78, 5) is 17.5. The van der Waals surface area contributed by atoms with Crippen LogP contribution in [0, 0.1) is 24.4 Å². The maximum atomic E-state index is 14.1. The minimum atomic E-state index is -1.03. The highest BCUT2D eigenvalue weighted by Crippen LogP contribution is 2.26. The number of carbonyl (C=O) groups excluding carboxylic acids is 1. The molecule has 1 unspecified atom stereocenters. The fourth-order valence-electron chi connectivity index (χ4n) is 3.60. The van der Waals surface area contributed by atoms with Gasteiger partial charge in [0, 0.05) is 18.3 Å². The summed E-state index contributed by atoms with van der Waals surface area (Å²) < 4.78 is 48.3. The molecule has 176 valence electrons. The molecule has 4 aromatic rings. The number of benzene rings is 2. The van der Waals surface area contributed by atoms with E-state index in [9.17, 15) is 18.0 Å².